The number of hydrogen-bond donors (Lipinski definition) is 0. The molecule has 1 aromatic heterocycles. The molecule has 0 aliphatic heterocycles. The van der Waals surface area contributed by atoms with Crippen LogP contribution in [-0.4, -0.2) is 28.0 Å². The predicted molar refractivity (Wildman–Crippen MR) is 114 cm³/mol. The Morgan fingerprint density at radius 3 is 2.83 bits per heavy atom. The number of hydrogen-bond acceptors (Lipinski definition) is 6. The standard InChI is InChI=1S/C20H16ClN3O5S/c1-2-29-19(26)12-23-16-8-7-14(21)11-17(16)30-20(23)22-18(25)9-6-13-4-3-5-15(10-13)24(27)28/h3-11H,2,12H2,1H3/b9-6+,22-20?. The maximum Gasteiger partial charge on any atom is 0.326 e. The number of nitro groups is 1. The van der Waals surface area contributed by atoms with Crippen LogP contribution in [0, 0.1) is 10.1 Å². The minimum absolute atomic E-state index is 0.0739. The maximum absolute atomic E-state index is 12.4. The van der Waals surface area contributed by atoms with E-state index in [0.717, 1.165) is 4.70 Å². The molecule has 154 valence electrons. The average molecular weight is 446 g/mol. The zero-order chi connectivity index (χ0) is 21.7. The molecular formula is C20H16ClN3O5S. The molecule has 0 atom stereocenters. The van der Waals surface area contributed by atoms with Crippen LogP contribution in [0.5, 0.6) is 0 Å². The molecule has 0 saturated heterocycles. The summed E-state index contributed by atoms with van der Waals surface area (Å²) in [6, 6.07) is 11.0. The number of nitro benzene ring substituents is 1. The Morgan fingerprint density at radius 1 is 1.30 bits per heavy atom. The molecule has 30 heavy (non-hydrogen) atoms. The number of rotatable bonds is 6. The van der Waals surface area contributed by atoms with Crippen molar-refractivity contribution in [1.82, 2.24) is 4.57 Å². The van der Waals surface area contributed by atoms with Gasteiger partial charge in [0.05, 0.1) is 21.7 Å². The van der Waals surface area contributed by atoms with Crippen molar-refractivity contribution < 1.29 is 19.2 Å². The Balaban J connectivity index is 1.95. The van der Waals surface area contributed by atoms with E-state index in [-0.39, 0.29) is 18.8 Å². The summed E-state index contributed by atoms with van der Waals surface area (Å²) in [5.74, 6) is -1.02. The summed E-state index contributed by atoms with van der Waals surface area (Å²) >= 11 is 7.26. The average Bonchev–Trinajstić information content (AvgIpc) is 3.02. The van der Waals surface area contributed by atoms with E-state index in [1.54, 1.807) is 35.8 Å². The van der Waals surface area contributed by atoms with Gasteiger partial charge in [0.25, 0.3) is 11.6 Å². The number of benzene rings is 2. The Morgan fingerprint density at radius 2 is 2.10 bits per heavy atom. The molecule has 0 saturated carbocycles. The van der Waals surface area contributed by atoms with Gasteiger partial charge in [-0.15, -0.1) is 0 Å². The van der Waals surface area contributed by atoms with E-state index in [1.807, 2.05) is 0 Å². The summed E-state index contributed by atoms with van der Waals surface area (Å²) in [5.41, 5.74) is 1.12. The lowest BCUT2D eigenvalue weighted by Crippen LogP contribution is -2.22. The highest BCUT2D eigenvalue weighted by Gasteiger charge is 2.12. The lowest BCUT2D eigenvalue weighted by molar-refractivity contribution is -0.384. The number of thiazole rings is 1. The van der Waals surface area contributed by atoms with E-state index < -0.39 is 16.8 Å². The quantitative estimate of drug-likeness (QED) is 0.247. The lowest BCUT2D eigenvalue weighted by Gasteiger charge is -2.04. The fourth-order valence-corrected chi connectivity index (χ4v) is 3.97. The van der Waals surface area contributed by atoms with Crippen molar-refractivity contribution in [2.75, 3.05) is 6.61 Å². The zero-order valence-corrected chi connectivity index (χ0v) is 17.4. The van der Waals surface area contributed by atoms with Gasteiger partial charge in [0.2, 0.25) is 0 Å². The molecule has 0 spiro atoms. The van der Waals surface area contributed by atoms with Gasteiger partial charge < -0.3 is 9.30 Å². The van der Waals surface area contributed by atoms with Crippen LogP contribution >= 0.6 is 22.9 Å². The smallest absolute Gasteiger partial charge is 0.326 e. The second-order valence-corrected chi connectivity index (χ2v) is 7.47. The number of ether oxygens (including phenoxy) is 1. The van der Waals surface area contributed by atoms with E-state index in [4.69, 9.17) is 16.3 Å². The van der Waals surface area contributed by atoms with E-state index >= 15 is 0 Å². The summed E-state index contributed by atoms with van der Waals surface area (Å²) < 4.78 is 7.36. The molecule has 0 N–H and O–H groups in total. The van der Waals surface area contributed by atoms with Crippen LogP contribution in [0.15, 0.2) is 53.5 Å². The Hall–Kier alpha value is -3.30. The number of non-ortho nitro benzene ring substituents is 1. The van der Waals surface area contributed by atoms with Crippen LogP contribution in [0.4, 0.5) is 5.69 Å². The lowest BCUT2D eigenvalue weighted by atomic mass is 10.2. The zero-order valence-electron chi connectivity index (χ0n) is 15.8. The molecule has 0 aliphatic carbocycles. The van der Waals surface area contributed by atoms with Gasteiger partial charge in [0.1, 0.15) is 6.54 Å². The third-order valence-corrected chi connectivity index (χ3v) is 5.22. The van der Waals surface area contributed by atoms with E-state index in [1.165, 1.54) is 41.7 Å². The first-order valence-corrected chi connectivity index (χ1v) is 10.0. The predicted octanol–water partition coefficient (Wildman–Crippen LogP) is 3.97. The molecule has 0 unspecified atom stereocenters. The molecule has 0 bridgehead atoms. The Labute approximate surface area is 179 Å². The SMILES string of the molecule is CCOC(=O)Cn1c(=NC(=O)/C=C/c2cccc([N+](=O)[O-])c2)sc2cc(Cl)ccc21. The number of nitrogens with zero attached hydrogens (tertiary/aromatic N) is 3. The van der Waals surface area contributed by atoms with Crippen LogP contribution in [-0.2, 0) is 20.9 Å². The molecule has 3 aromatic rings. The molecule has 0 fully saturated rings. The number of esters is 1. The fourth-order valence-electron chi connectivity index (χ4n) is 2.66. The summed E-state index contributed by atoms with van der Waals surface area (Å²) in [5, 5.41) is 11.4. The van der Waals surface area contributed by atoms with E-state index in [0.29, 0.717) is 20.9 Å². The van der Waals surface area contributed by atoms with Crippen LogP contribution in [0.2, 0.25) is 5.02 Å². The van der Waals surface area contributed by atoms with Gasteiger partial charge >= 0.3 is 5.97 Å². The fraction of sp³-hybridized carbons (Fsp3) is 0.150. The second-order valence-electron chi connectivity index (χ2n) is 6.02. The minimum atomic E-state index is -0.572. The highest BCUT2D eigenvalue weighted by atomic mass is 35.5. The largest absolute Gasteiger partial charge is 0.465 e. The summed E-state index contributed by atoms with van der Waals surface area (Å²) in [7, 11) is 0. The number of carbonyl (C=O) groups excluding carboxylic acids is 2. The van der Waals surface area contributed by atoms with Gasteiger partial charge in [-0.3, -0.25) is 19.7 Å². The van der Waals surface area contributed by atoms with Crippen molar-refractivity contribution in [3.63, 3.8) is 0 Å². The van der Waals surface area contributed by atoms with Crippen LogP contribution in [0.3, 0.4) is 0 Å². The van der Waals surface area contributed by atoms with Gasteiger partial charge in [0.15, 0.2) is 4.80 Å². The van der Waals surface area contributed by atoms with Crippen molar-refractivity contribution in [2.45, 2.75) is 13.5 Å². The molecule has 1 heterocycles. The van der Waals surface area contributed by atoms with Crippen LogP contribution < -0.4 is 4.80 Å². The third-order valence-electron chi connectivity index (χ3n) is 3.94. The number of amides is 1. The monoisotopic (exact) mass is 445 g/mol. The highest BCUT2D eigenvalue weighted by Crippen LogP contribution is 2.22. The summed E-state index contributed by atoms with van der Waals surface area (Å²) in [6.45, 7) is 1.85. The first-order chi connectivity index (χ1) is 14.4. The van der Waals surface area contributed by atoms with Crippen molar-refractivity contribution in [1.29, 1.82) is 0 Å². The molecule has 3 rings (SSSR count). The molecular weight excluding hydrogens is 430 g/mol. The van der Waals surface area contributed by atoms with Crippen molar-refractivity contribution >= 4 is 56.8 Å². The minimum Gasteiger partial charge on any atom is -0.465 e. The van der Waals surface area contributed by atoms with Crippen molar-refractivity contribution in [3.8, 4) is 0 Å². The molecule has 0 radical (unpaired) electrons. The van der Waals surface area contributed by atoms with Crippen molar-refractivity contribution in [2.24, 2.45) is 4.99 Å². The normalized spacial score (nSPS) is 11.9. The Bertz CT molecular complexity index is 1230. The van der Waals surface area contributed by atoms with Gasteiger partial charge in [-0.05, 0) is 36.8 Å². The van der Waals surface area contributed by atoms with Crippen LogP contribution in [0.1, 0.15) is 12.5 Å². The second kappa shape index (κ2) is 9.47. The third kappa shape index (κ3) is 5.19. The molecule has 8 nitrogen and oxygen atoms in total. The van der Waals surface area contributed by atoms with Crippen molar-refractivity contribution in [3.05, 3.63) is 74.0 Å². The summed E-state index contributed by atoms with van der Waals surface area (Å²) in [6.07, 6.45) is 2.66. The molecule has 10 heteroatoms. The Kier molecular flexibility index (Phi) is 6.76. The number of aromatic nitrogens is 1. The maximum atomic E-state index is 12.4. The topological polar surface area (TPSA) is 104 Å². The number of carbonyl (C=O) groups is 2. The number of halogens is 1. The first kappa shape index (κ1) is 21.4. The molecule has 1 amide bonds. The van der Waals surface area contributed by atoms with E-state index in [2.05, 4.69) is 4.99 Å². The van der Waals surface area contributed by atoms with Gasteiger partial charge in [0, 0.05) is 23.2 Å². The number of fused-ring (bicyclic) bond motifs is 1. The van der Waals surface area contributed by atoms with E-state index in [9.17, 15) is 19.7 Å². The molecule has 0 aliphatic rings. The van der Waals surface area contributed by atoms with Crippen LogP contribution in [0.25, 0.3) is 16.3 Å². The highest BCUT2D eigenvalue weighted by molar-refractivity contribution is 7.16. The summed E-state index contributed by atoms with van der Waals surface area (Å²) in [4.78, 5) is 39.1. The van der Waals surface area contributed by atoms with Gasteiger partial charge in [-0.2, -0.15) is 4.99 Å². The first-order valence-electron chi connectivity index (χ1n) is 8.83. The van der Waals surface area contributed by atoms with Gasteiger partial charge in [-0.1, -0.05) is 35.1 Å². The molecule has 2 aromatic carbocycles. The van der Waals surface area contributed by atoms with Gasteiger partial charge in [-0.25, -0.2) is 0 Å².